The Morgan fingerprint density at radius 1 is 0.658 bits per heavy atom. The van der Waals surface area contributed by atoms with Crippen molar-refractivity contribution >= 4 is 104 Å². The molecule has 8 rings (SSSR count). The average molecular weight is 1230 g/mol. The normalized spacial score (nSPS) is 11.3. The van der Waals surface area contributed by atoms with Crippen LogP contribution in [0.3, 0.4) is 0 Å². The van der Waals surface area contributed by atoms with Gasteiger partial charge in [0.2, 0.25) is 0 Å². The summed E-state index contributed by atoms with van der Waals surface area (Å²) in [6, 6.07) is 28.1. The van der Waals surface area contributed by atoms with Crippen molar-refractivity contribution in [2.75, 3.05) is 33.4 Å². The van der Waals surface area contributed by atoms with Crippen molar-refractivity contribution in [1.82, 2.24) is 49.6 Å². The topological polar surface area (TPSA) is 241 Å². The van der Waals surface area contributed by atoms with Crippen LogP contribution in [0.5, 0.6) is 0 Å². The molecule has 8 aromatic rings. The number of methoxy groups -OCH3 is 1. The predicted molar refractivity (Wildman–Crippen MR) is 286 cm³/mol. The highest BCUT2D eigenvalue weighted by atomic mass is 79.9. The number of amides is 2. The van der Waals surface area contributed by atoms with Gasteiger partial charge in [-0.2, -0.15) is 10.2 Å². The molecule has 4 heterocycles. The van der Waals surface area contributed by atoms with E-state index in [1.54, 1.807) is 89.3 Å². The Morgan fingerprint density at radius 2 is 1.05 bits per heavy atom. The number of carbonyl (C=O) groups is 2. The number of carbonyl (C=O) groups excluding carboxylic acids is 2. The van der Waals surface area contributed by atoms with Crippen molar-refractivity contribution in [3.05, 3.63) is 168 Å². The van der Waals surface area contributed by atoms with E-state index in [0.29, 0.717) is 62.3 Å². The van der Waals surface area contributed by atoms with Gasteiger partial charge >= 0.3 is 3.18 Å². The molecule has 0 fully saturated rings. The van der Waals surface area contributed by atoms with Gasteiger partial charge in [-0.3, -0.25) is 9.59 Å². The largest absolute Gasteiger partial charge is 0.395 e. The minimum Gasteiger partial charge on any atom is -0.395 e. The lowest BCUT2D eigenvalue weighted by molar-refractivity contribution is 0.0944. The molecule has 0 aliphatic carbocycles. The Kier molecular flexibility index (Phi) is 21.7. The average Bonchev–Trinajstić information content (AvgIpc) is 4.03. The second kappa shape index (κ2) is 28.0. The van der Waals surface area contributed by atoms with Crippen molar-refractivity contribution in [3.8, 4) is 11.4 Å². The number of sulfonamides is 2. The molecule has 0 saturated heterocycles. The van der Waals surface area contributed by atoms with Crippen LogP contribution in [0.4, 0.5) is 8.78 Å². The lowest BCUT2D eigenvalue weighted by Gasteiger charge is -2.09. The lowest BCUT2D eigenvalue weighted by Crippen LogP contribution is -2.28. The van der Waals surface area contributed by atoms with Gasteiger partial charge in [0.25, 0.3) is 31.9 Å². The third kappa shape index (κ3) is 16.3. The fourth-order valence-corrected chi connectivity index (χ4v) is 8.47. The van der Waals surface area contributed by atoms with E-state index >= 15 is 0 Å². The standard InChI is InChI=1S/C23H22FN5O4S.C22H20FN5O4S.C2H6.BBr3/c1-33-12-11-28-34(31,32)22-10-5-16(13-25-22)14-26-23(30)19-3-2-4-21-20(19)15-27-29(21)18-8-6-17(24)7-9-18;23-16-5-7-17(8-6-16)28-20-3-1-2-18(19(20)14-26-28)22(30)25-13-15-4-9-21(24-12-15)33(31,32)27-10-11-29;1-2;2-1(3)4/h2-10,13,15,28H,11-12,14H2,1H3,(H,26,30);1-9,12,14,27,29H,10-11,13H2,(H,25,30);1-2H3;/i;;1D;. The molecule has 0 aliphatic heterocycles. The van der Waals surface area contributed by atoms with Crippen LogP contribution in [-0.4, -0.2) is 99.9 Å². The van der Waals surface area contributed by atoms with Crippen molar-refractivity contribution in [2.45, 2.75) is 37.0 Å². The van der Waals surface area contributed by atoms with Gasteiger partial charge in [-0.25, -0.2) is 54.4 Å². The monoisotopic (exact) mass is 1230 g/mol. The third-order valence-corrected chi connectivity index (χ3v) is 12.7. The van der Waals surface area contributed by atoms with Crippen LogP contribution in [0.1, 0.15) is 47.0 Å². The first-order chi connectivity index (χ1) is 35.4. The van der Waals surface area contributed by atoms with E-state index in [9.17, 15) is 35.2 Å². The Balaban J connectivity index is 0.000000244. The summed E-state index contributed by atoms with van der Waals surface area (Å²) in [5.74, 6) is -1.35. The molecule has 0 unspecified atom stereocenters. The Hall–Kier alpha value is -5.84. The van der Waals surface area contributed by atoms with E-state index in [4.69, 9.17) is 11.2 Å². The van der Waals surface area contributed by atoms with Crippen LogP contribution in [0, 0.1) is 11.6 Å². The summed E-state index contributed by atoms with van der Waals surface area (Å²) in [5.41, 5.74) is 4.83. The zero-order chi connectivity index (χ0) is 53.8. The van der Waals surface area contributed by atoms with E-state index < -0.39 is 20.0 Å². The predicted octanol–water partition coefficient (Wildman–Crippen LogP) is 7.36. The fraction of sp³-hybridized carbons (Fsp3) is 0.191. The van der Waals surface area contributed by atoms with Crippen LogP contribution in [0.25, 0.3) is 33.2 Å². The van der Waals surface area contributed by atoms with Crippen molar-refractivity contribution in [1.29, 1.82) is 0 Å². The maximum Gasteiger partial charge on any atom is 0.369 e. The van der Waals surface area contributed by atoms with Gasteiger partial charge in [0.15, 0.2) is 10.1 Å². The van der Waals surface area contributed by atoms with Gasteiger partial charge in [0, 0.05) is 57.8 Å². The second-order valence-electron chi connectivity index (χ2n) is 14.7. The van der Waals surface area contributed by atoms with E-state index in [1.807, 2.05) is 12.1 Å². The number of hydrogen-bond donors (Lipinski definition) is 5. The SMILES string of the molecule is BrB(Br)Br.COCCNS(=O)(=O)c1ccc(CNC(=O)c2cccc3c2cnn3-c2ccc(F)cc2)cn1.O=C(NCc1ccc(S(=O)(=O)NCCO)nc1)c1cccc2c1cnn2-c1ccc(F)cc1.[2H]CC. The molecule has 2 amide bonds. The van der Waals surface area contributed by atoms with Gasteiger partial charge < -0.3 is 20.5 Å². The smallest absolute Gasteiger partial charge is 0.369 e. The van der Waals surface area contributed by atoms with E-state index in [0.717, 1.165) is 0 Å². The molecule has 0 radical (unpaired) electrons. The first-order valence-corrected chi connectivity index (χ1v) is 27.4. The number of aromatic nitrogens is 6. The minimum absolute atomic E-state index is 0.106. The molecule has 0 bridgehead atoms. The molecule has 0 saturated carbocycles. The number of hydrogen-bond acceptors (Lipinski definition) is 12. The van der Waals surface area contributed by atoms with E-state index in [1.165, 1.54) is 55.9 Å². The quantitative estimate of drug-likeness (QED) is 0.0444. The summed E-state index contributed by atoms with van der Waals surface area (Å²) in [6.45, 7) is 2.55. The number of benzene rings is 4. The molecule has 4 aromatic heterocycles. The number of aliphatic hydroxyl groups is 1. The van der Waals surface area contributed by atoms with Crippen molar-refractivity contribution < 1.29 is 46.4 Å². The van der Waals surface area contributed by atoms with Crippen LogP contribution < -0.4 is 20.1 Å². The molecule has 18 nitrogen and oxygen atoms in total. The van der Waals surface area contributed by atoms with Crippen molar-refractivity contribution in [3.63, 3.8) is 0 Å². The lowest BCUT2D eigenvalue weighted by atomic mass is 10.1. The summed E-state index contributed by atoms with van der Waals surface area (Å²) in [4.78, 5) is 33.6. The number of rotatable bonds is 17. The number of ether oxygens (including phenoxy) is 1. The highest BCUT2D eigenvalue weighted by Gasteiger charge is 2.19. The van der Waals surface area contributed by atoms with Crippen LogP contribution in [0.15, 0.2) is 144 Å². The molecular weight excluding hydrogens is 1190 g/mol. The molecule has 26 heteroatoms. The van der Waals surface area contributed by atoms with Crippen molar-refractivity contribution in [2.24, 2.45) is 0 Å². The number of nitrogens with zero attached hydrogens (tertiary/aromatic N) is 6. The van der Waals surface area contributed by atoms with Crippen LogP contribution in [0.2, 0.25) is 0 Å². The van der Waals surface area contributed by atoms with E-state index in [2.05, 4.69) is 87.5 Å². The minimum atomic E-state index is -3.80. The molecule has 0 atom stereocenters. The Labute approximate surface area is 446 Å². The third-order valence-electron chi connectivity index (χ3n) is 9.91. The number of nitrogens with one attached hydrogen (secondary N) is 4. The number of pyridine rings is 2. The van der Waals surface area contributed by atoms with Crippen LogP contribution in [-0.2, 0) is 37.9 Å². The van der Waals surface area contributed by atoms with E-state index in [-0.39, 0.29) is 76.1 Å². The van der Waals surface area contributed by atoms with Gasteiger partial charge in [-0.05, 0) is 96.1 Å². The number of aliphatic hydroxyl groups excluding tert-OH is 1. The second-order valence-corrected chi connectivity index (χ2v) is 24.5. The maximum absolute atomic E-state index is 13.3. The summed E-state index contributed by atoms with van der Waals surface area (Å²) >= 11 is 9.31. The van der Waals surface area contributed by atoms with Gasteiger partial charge in [-0.1, -0.05) is 38.1 Å². The molecule has 0 aliphatic rings. The van der Waals surface area contributed by atoms with Gasteiger partial charge in [0.05, 0.1) is 59.1 Å². The maximum atomic E-state index is 13.3. The molecule has 4 aromatic carbocycles. The molecular formula is C47H48BBr3F2N10O8S2. The summed E-state index contributed by atoms with van der Waals surface area (Å²) in [5, 5.41) is 24.0. The summed E-state index contributed by atoms with van der Waals surface area (Å²) < 4.78 is 94.1. The number of fused-ring (bicyclic) bond motifs is 2. The zero-order valence-corrected chi connectivity index (χ0v) is 45.3. The fourth-order valence-electron chi connectivity index (χ4n) is 6.58. The number of halogens is 5. The highest BCUT2D eigenvalue weighted by molar-refractivity contribution is 9.69. The molecule has 384 valence electrons. The Morgan fingerprint density at radius 3 is 1.41 bits per heavy atom. The molecule has 73 heavy (non-hydrogen) atoms. The molecule has 0 spiro atoms. The van der Waals surface area contributed by atoms with Gasteiger partial charge in [-0.15, -0.1) is 47.3 Å². The van der Waals surface area contributed by atoms with Gasteiger partial charge in [0.1, 0.15) is 11.6 Å². The Bertz CT molecular complexity index is 3330. The first kappa shape index (κ1) is 56.5. The highest BCUT2D eigenvalue weighted by Crippen LogP contribution is 2.24. The van der Waals surface area contributed by atoms with Crippen LogP contribution >= 0.6 is 47.3 Å². The first-order valence-electron chi connectivity index (χ1n) is 22.4. The zero-order valence-electron chi connectivity index (χ0n) is 39.9. The molecule has 5 N–H and O–H groups in total. The summed E-state index contributed by atoms with van der Waals surface area (Å²) in [6.07, 6.45) is 5.93. The summed E-state index contributed by atoms with van der Waals surface area (Å²) in [7, 11) is -6.05.